The average Bonchev–Trinajstić information content (AvgIpc) is 2.32. The molecule has 0 saturated carbocycles. The smallest absolute Gasteiger partial charge is 0.321 e. The van der Waals surface area contributed by atoms with Crippen molar-refractivity contribution in [3.05, 3.63) is 28.7 Å². The molecule has 1 aliphatic rings. The number of carbonyl (C=O) groups excluding carboxylic acids is 1. The van der Waals surface area contributed by atoms with Gasteiger partial charge in [-0.25, -0.2) is 4.79 Å². The van der Waals surface area contributed by atoms with Gasteiger partial charge in [-0.1, -0.05) is 22.0 Å². The summed E-state index contributed by atoms with van der Waals surface area (Å²) in [5, 5.41) is 6.07. The van der Waals surface area contributed by atoms with E-state index in [9.17, 15) is 4.79 Å². The third-order valence-corrected chi connectivity index (χ3v) is 3.33. The van der Waals surface area contributed by atoms with E-state index in [0.717, 1.165) is 29.8 Å². The van der Waals surface area contributed by atoms with Gasteiger partial charge in [-0.05, 0) is 25.2 Å². The number of halogens is 1. The molecule has 0 radical (unpaired) electrons. The third-order valence-electron chi connectivity index (χ3n) is 2.84. The van der Waals surface area contributed by atoms with Crippen molar-refractivity contribution in [2.45, 2.75) is 0 Å². The van der Waals surface area contributed by atoms with Gasteiger partial charge in [-0.2, -0.15) is 0 Å². The van der Waals surface area contributed by atoms with E-state index in [2.05, 4.69) is 26.6 Å². The minimum Gasteiger partial charge on any atom is -0.337 e. The second-order valence-corrected chi connectivity index (χ2v) is 5.12. The quantitative estimate of drug-likeness (QED) is 0.894. The number of rotatable bonds is 3. The highest BCUT2D eigenvalue weighted by Gasteiger charge is 2.25. The lowest BCUT2D eigenvalue weighted by atomic mass is 10.1. The maximum absolute atomic E-state index is 11.8. The van der Waals surface area contributed by atoms with Gasteiger partial charge in [-0.3, -0.25) is 4.90 Å². The summed E-state index contributed by atoms with van der Waals surface area (Å²) in [6.07, 6.45) is 0. The standard InChI is InChI=1S/C12H16BrN3O/c1-14-6-9-7-15-12(17)16(8-9)11-4-2-3-10(13)5-11/h2-5,9,14H,6-8H2,1H3,(H,15,17). The van der Waals surface area contributed by atoms with Gasteiger partial charge in [0.25, 0.3) is 0 Å². The molecule has 0 aromatic heterocycles. The molecule has 1 unspecified atom stereocenters. The van der Waals surface area contributed by atoms with Crippen LogP contribution < -0.4 is 15.5 Å². The van der Waals surface area contributed by atoms with E-state index in [-0.39, 0.29) is 6.03 Å². The Morgan fingerprint density at radius 3 is 3.12 bits per heavy atom. The Balaban J connectivity index is 2.15. The van der Waals surface area contributed by atoms with E-state index < -0.39 is 0 Å². The van der Waals surface area contributed by atoms with Crippen LogP contribution >= 0.6 is 15.9 Å². The van der Waals surface area contributed by atoms with Gasteiger partial charge in [0.1, 0.15) is 0 Å². The number of hydrogen-bond acceptors (Lipinski definition) is 2. The summed E-state index contributed by atoms with van der Waals surface area (Å²) in [4.78, 5) is 13.6. The zero-order valence-electron chi connectivity index (χ0n) is 9.74. The van der Waals surface area contributed by atoms with Crippen LogP contribution in [0.5, 0.6) is 0 Å². The summed E-state index contributed by atoms with van der Waals surface area (Å²) in [7, 11) is 1.93. The number of hydrogen-bond donors (Lipinski definition) is 2. The van der Waals surface area contributed by atoms with Gasteiger partial charge in [-0.15, -0.1) is 0 Å². The van der Waals surface area contributed by atoms with Crippen molar-refractivity contribution in [1.29, 1.82) is 0 Å². The van der Waals surface area contributed by atoms with Gasteiger partial charge in [0.05, 0.1) is 0 Å². The SMILES string of the molecule is CNCC1CNC(=O)N(c2cccc(Br)c2)C1. The van der Waals surface area contributed by atoms with Gasteiger partial charge in [0.2, 0.25) is 0 Å². The van der Waals surface area contributed by atoms with Crippen molar-refractivity contribution >= 4 is 27.6 Å². The number of benzene rings is 1. The molecule has 1 fully saturated rings. The molecule has 1 heterocycles. The van der Waals surface area contributed by atoms with Crippen LogP contribution in [-0.4, -0.2) is 32.7 Å². The molecule has 1 aromatic rings. The zero-order valence-corrected chi connectivity index (χ0v) is 11.3. The van der Waals surface area contributed by atoms with Crippen molar-refractivity contribution in [2.24, 2.45) is 5.92 Å². The van der Waals surface area contributed by atoms with Crippen LogP contribution in [0.4, 0.5) is 10.5 Å². The minimum atomic E-state index is -0.0181. The van der Waals surface area contributed by atoms with Crippen LogP contribution in [0.25, 0.3) is 0 Å². The normalized spacial score (nSPS) is 20.2. The molecule has 1 atom stereocenters. The fourth-order valence-electron chi connectivity index (χ4n) is 2.02. The Morgan fingerprint density at radius 1 is 1.59 bits per heavy atom. The van der Waals surface area contributed by atoms with Crippen LogP contribution in [0.3, 0.4) is 0 Å². The maximum atomic E-state index is 11.8. The molecule has 5 heteroatoms. The summed E-state index contributed by atoms with van der Waals surface area (Å²) >= 11 is 3.42. The minimum absolute atomic E-state index is 0.0181. The molecule has 92 valence electrons. The summed E-state index contributed by atoms with van der Waals surface area (Å²) in [5.74, 6) is 0.441. The fourth-order valence-corrected chi connectivity index (χ4v) is 2.41. The van der Waals surface area contributed by atoms with E-state index in [1.165, 1.54) is 0 Å². The number of nitrogens with zero attached hydrogens (tertiary/aromatic N) is 1. The Bertz CT molecular complexity index is 410. The van der Waals surface area contributed by atoms with E-state index in [0.29, 0.717) is 5.92 Å². The Hall–Kier alpha value is -1.07. The highest BCUT2D eigenvalue weighted by molar-refractivity contribution is 9.10. The highest BCUT2D eigenvalue weighted by Crippen LogP contribution is 2.22. The van der Waals surface area contributed by atoms with Crippen molar-refractivity contribution in [2.75, 3.05) is 31.6 Å². The van der Waals surface area contributed by atoms with E-state index in [1.807, 2.05) is 31.3 Å². The topological polar surface area (TPSA) is 44.4 Å². The largest absolute Gasteiger partial charge is 0.337 e. The van der Waals surface area contributed by atoms with Gasteiger partial charge in [0.15, 0.2) is 0 Å². The number of nitrogens with one attached hydrogen (secondary N) is 2. The number of anilines is 1. The Kier molecular flexibility index (Phi) is 4.02. The molecule has 4 nitrogen and oxygen atoms in total. The van der Waals surface area contributed by atoms with Crippen LogP contribution in [0, 0.1) is 5.92 Å². The lowest BCUT2D eigenvalue weighted by Crippen LogP contribution is -2.53. The van der Waals surface area contributed by atoms with Crippen LogP contribution in [-0.2, 0) is 0 Å². The molecule has 17 heavy (non-hydrogen) atoms. The fraction of sp³-hybridized carbons (Fsp3) is 0.417. The summed E-state index contributed by atoms with van der Waals surface area (Å²) in [6.45, 7) is 2.40. The molecule has 1 aromatic carbocycles. The van der Waals surface area contributed by atoms with Crippen molar-refractivity contribution in [3.63, 3.8) is 0 Å². The monoisotopic (exact) mass is 297 g/mol. The molecular weight excluding hydrogens is 282 g/mol. The lowest BCUT2D eigenvalue weighted by Gasteiger charge is -2.33. The third kappa shape index (κ3) is 2.98. The van der Waals surface area contributed by atoms with E-state index in [4.69, 9.17) is 0 Å². The molecule has 0 spiro atoms. The first-order valence-electron chi connectivity index (χ1n) is 5.66. The first-order chi connectivity index (χ1) is 8.20. The Labute approximate surface area is 110 Å². The molecule has 1 saturated heterocycles. The predicted molar refractivity (Wildman–Crippen MR) is 72.3 cm³/mol. The van der Waals surface area contributed by atoms with Gasteiger partial charge < -0.3 is 10.6 Å². The number of urea groups is 1. The molecule has 0 bridgehead atoms. The average molecular weight is 298 g/mol. The second kappa shape index (κ2) is 5.51. The van der Waals surface area contributed by atoms with E-state index in [1.54, 1.807) is 4.90 Å². The van der Waals surface area contributed by atoms with Crippen molar-refractivity contribution < 1.29 is 4.79 Å². The molecule has 2 rings (SSSR count). The van der Waals surface area contributed by atoms with Crippen LogP contribution in [0.2, 0.25) is 0 Å². The molecule has 1 aliphatic heterocycles. The van der Waals surface area contributed by atoms with Crippen LogP contribution in [0.15, 0.2) is 28.7 Å². The molecule has 2 amide bonds. The van der Waals surface area contributed by atoms with Gasteiger partial charge >= 0.3 is 6.03 Å². The maximum Gasteiger partial charge on any atom is 0.321 e. The molecule has 0 aliphatic carbocycles. The zero-order chi connectivity index (χ0) is 12.3. The first kappa shape index (κ1) is 12.4. The lowest BCUT2D eigenvalue weighted by molar-refractivity contribution is 0.236. The van der Waals surface area contributed by atoms with Gasteiger partial charge in [0, 0.05) is 35.7 Å². The predicted octanol–water partition coefficient (Wildman–Crippen LogP) is 1.81. The summed E-state index contributed by atoms with van der Waals surface area (Å²) < 4.78 is 0.985. The summed E-state index contributed by atoms with van der Waals surface area (Å²) in [5.41, 5.74) is 0.928. The number of amides is 2. The van der Waals surface area contributed by atoms with Crippen LogP contribution in [0.1, 0.15) is 0 Å². The van der Waals surface area contributed by atoms with Crippen molar-refractivity contribution in [1.82, 2.24) is 10.6 Å². The van der Waals surface area contributed by atoms with E-state index >= 15 is 0 Å². The second-order valence-electron chi connectivity index (χ2n) is 4.20. The number of carbonyl (C=O) groups is 1. The van der Waals surface area contributed by atoms with Crippen molar-refractivity contribution in [3.8, 4) is 0 Å². The molecular formula is C12H16BrN3O. The first-order valence-corrected chi connectivity index (χ1v) is 6.45. The Morgan fingerprint density at radius 2 is 2.41 bits per heavy atom. The molecule has 2 N–H and O–H groups in total. The summed E-state index contributed by atoms with van der Waals surface area (Å²) in [6, 6.07) is 7.79. The highest BCUT2D eigenvalue weighted by atomic mass is 79.9.